The molecule has 5 nitrogen and oxygen atoms in total. The Kier molecular flexibility index (Phi) is 3.22. The zero-order valence-corrected chi connectivity index (χ0v) is 6.80. The molecule has 1 heterocycles. The molecule has 1 aromatic heterocycles. The lowest BCUT2D eigenvalue weighted by Gasteiger charge is -2.00. The number of nitrogens with zero attached hydrogens (tertiary/aromatic N) is 1. The fourth-order valence-electron chi connectivity index (χ4n) is 0.781. The van der Waals surface area contributed by atoms with E-state index in [-0.39, 0.29) is 12.5 Å². The van der Waals surface area contributed by atoms with Crippen molar-refractivity contribution in [2.45, 2.75) is 0 Å². The molecule has 5 heteroatoms. The first-order chi connectivity index (χ1) is 6.22. The highest BCUT2D eigenvalue weighted by molar-refractivity contribution is 5.67. The van der Waals surface area contributed by atoms with Crippen molar-refractivity contribution >= 4 is 6.09 Å². The molecular formula is C8H9N2O3. The first-order valence-corrected chi connectivity index (χ1v) is 3.60. The Labute approximate surface area is 75.2 Å². The molecule has 0 spiro atoms. The van der Waals surface area contributed by atoms with Crippen LogP contribution in [0.3, 0.4) is 0 Å². The van der Waals surface area contributed by atoms with Crippen molar-refractivity contribution in [2.75, 3.05) is 6.61 Å². The Morgan fingerprint density at radius 2 is 2.46 bits per heavy atom. The smallest absolute Gasteiger partial charge is 0.396 e. The number of hydrogen-bond donors (Lipinski definition) is 2. The van der Waals surface area contributed by atoms with Gasteiger partial charge in [-0.2, -0.15) is 0 Å². The first-order valence-electron chi connectivity index (χ1n) is 3.60. The Hall–Kier alpha value is -1.62. The number of aliphatic hydroxyl groups is 1. The number of pyridine rings is 1. The summed E-state index contributed by atoms with van der Waals surface area (Å²) in [6, 6.07) is 3.15. The molecule has 0 saturated carbocycles. The second kappa shape index (κ2) is 4.42. The van der Waals surface area contributed by atoms with Gasteiger partial charge in [-0.1, -0.05) is 6.07 Å². The zero-order valence-electron chi connectivity index (χ0n) is 6.80. The van der Waals surface area contributed by atoms with Crippen molar-refractivity contribution in [1.29, 1.82) is 0 Å². The van der Waals surface area contributed by atoms with Gasteiger partial charge in [0.2, 0.25) is 5.88 Å². The Morgan fingerprint density at radius 1 is 1.69 bits per heavy atom. The molecule has 0 aliphatic heterocycles. The quantitative estimate of drug-likeness (QED) is 0.691. The fourth-order valence-corrected chi connectivity index (χ4v) is 0.781. The summed E-state index contributed by atoms with van der Waals surface area (Å²) < 4.78 is 4.50. The summed E-state index contributed by atoms with van der Waals surface area (Å²) in [4.78, 5) is 14.1. The highest BCUT2D eigenvalue weighted by Crippen LogP contribution is 2.08. The fraction of sp³-hybridized carbons (Fsp3) is 0.125. The van der Waals surface area contributed by atoms with E-state index in [0.717, 1.165) is 5.56 Å². The second-order valence-corrected chi connectivity index (χ2v) is 2.24. The maximum Gasteiger partial charge on any atom is 0.411 e. The number of aliphatic hydroxyl groups excluding tert-OH is 1. The van der Waals surface area contributed by atoms with Gasteiger partial charge in [-0.25, -0.2) is 9.78 Å². The van der Waals surface area contributed by atoms with Crippen LogP contribution in [0, 0.1) is 6.42 Å². The number of carbonyl (C=O) groups excluding carboxylic acids is 1. The van der Waals surface area contributed by atoms with Crippen molar-refractivity contribution in [3.05, 3.63) is 30.3 Å². The highest BCUT2D eigenvalue weighted by atomic mass is 16.6. The Balaban J connectivity index is 2.64. The number of hydrogen-bond acceptors (Lipinski definition) is 4. The molecule has 13 heavy (non-hydrogen) atoms. The molecule has 0 saturated heterocycles. The topological polar surface area (TPSA) is 85.4 Å². The van der Waals surface area contributed by atoms with E-state index in [2.05, 4.69) is 9.72 Å². The van der Waals surface area contributed by atoms with Crippen LogP contribution in [0.1, 0.15) is 5.56 Å². The minimum absolute atomic E-state index is 0.0578. The average molecular weight is 181 g/mol. The van der Waals surface area contributed by atoms with E-state index in [0.29, 0.717) is 0 Å². The minimum Gasteiger partial charge on any atom is -0.396 e. The van der Waals surface area contributed by atoms with Crippen LogP contribution >= 0.6 is 0 Å². The third kappa shape index (κ3) is 3.08. The van der Waals surface area contributed by atoms with E-state index < -0.39 is 6.09 Å². The third-order valence-electron chi connectivity index (χ3n) is 1.29. The largest absolute Gasteiger partial charge is 0.411 e. The van der Waals surface area contributed by atoms with Gasteiger partial charge < -0.3 is 15.6 Å². The first kappa shape index (κ1) is 9.47. The molecule has 0 aromatic carbocycles. The number of ether oxygens (including phenoxy) is 1. The van der Waals surface area contributed by atoms with Crippen molar-refractivity contribution in [1.82, 2.24) is 4.98 Å². The lowest BCUT2D eigenvalue weighted by molar-refractivity contribution is 0.209. The number of nitrogens with two attached hydrogens (primary N) is 1. The van der Waals surface area contributed by atoms with Crippen molar-refractivity contribution < 1.29 is 14.6 Å². The second-order valence-electron chi connectivity index (χ2n) is 2.24. The predicted octanol–water partition coefficient (Wildman–Crippen LogP) is 0.0838. The minimum atomic E-state index is -0.897. The molecule has 1 amide bonds. The lowest BCUT2D eigenvalue weighted by atomic mass is 10.2. The van der Waals surface area contributed by atoms with Crippen LogP contribution in [-0.2, 0) is 0 Å². The van der Waals surface area contributed by atoms with Gasteiger partial charge in [0, 0.05) is 18.7 Å². The SMILES string of the molecule is NC(=O)Oc1ccc([CH]CO)cn1. The molecule has 0 aliphatic rings. The molecule has 3 N–H and O–H groups in total. The van der Waals surface area contributed by atoms with E-state index in [1.54, 1.807) is 12.5 Å². The van der Waals surface area contributed by atoms with Crippen molar-refractivity contribution in [3.63, 3.8) is 0 Å². The number of carbonyl (C=O) groups is 1. The summed E-state index contributed by atoms with van der Waals surface area (Å²) in [6.07, 6.45) is 2.14. The average Bonchev–Trinajstić information content (AvgIpc) is 2.08. The molecule has 69 valence electrons. The maximum absolute atomic E-state index is 10.3. The van der Waals surface area contributed by atoms with Crippen LogP contribution in [-0.4, -0.2) is 22.8 Å². The highest BCUT2D eigenvalue weighted by Gasteiger charge is 1.99. The van der Waals surface area contributed by atoms with Gasteiger partial charge in [0.1, 0.15) is 0 Å². The van der Waals surface area contributed by atoms with Crippen LogP contribution in [0.25, 0.3) is 0 Å². The van der Waals surface area contributed by atoms with Crippen LogP contribution in [0.15, 0.2) is 18.3 Å². The van der Waals surface area contributed by atoms with Gasteiger partial charge in [0.15, 0.2) is 0 Å². The third-order valence-corrected chi connectivity index (χ3v) is 1.29. The van der Waals surface area contributed by atoms with Gasteiger partial charge in [-0.3, -0.25) is 0 Å². The lowest BCUT2D eigenvalue weighted by Crippen LogP contribution is -2.16. The molecule has 1 radical (unpaired) electrons. The van der Waals surface area contributed by atoms with Gasteiger partial charge in [-0.05, 0) is 5.56 Å². The van der Waals surface area contributed by atoms with E-state index in [4.69, 9.17) is 10.8 Å². The van der Waals surface area contributed by atoms with E-state index in [1.165, 1.54) is 12.3 Å². The monoisotopic (exact) mass is 181 g/mol. The van der Waals surface area contributed by atoms with Crippen LogP contribution in [0.5, 0.6) is 5.88 Å². The summed E-state index contributed by atoms with van der Waals surface area (Å²) in [5.41, 5.74) is 5.52. The standard InChI is InChI=1S/C8H9N2O3/c9-8(12)13-7-2-1-6(3-4-11)5-10-7/h1-3,5,11H,4H2,(H2,9,12). The normalized spacial score (nSPS) is 9.62. The van der Waals surface area contributed by atoms with E-state index in [1.807, 2.05) is 0 Å². The number of amides is 1. The molecular weight excluding hydrogens is 172 g/mol. The molecule has 1 aromatic rings. The Bertz CT molecular complexity index is 284. The molecule has 0 atom stereocenters. The summed E-state index contributed by atoms with van der Waals surface area (Å²) in [6.45, 7) is -0.0578. The molecule has 0 aliphatic carbocycles. The van der Waals surface area contributed by atoms with Gasteiger partial charge in [0.25, 0.3) is 0 Å². The zero-order chi connectivity index (χ0) is 9.68. The molecule has 0 bridgehead atoms. The summed E-state index contributed by atoms with van der Waals surface area (Å²) in [5, 5.41) is 8.55. The van der Waals surface area contributed by atoms with Crippen LogP contribution in [0.2, 0.25) is 0 Å². The van der Waals surface area contributed by atoms with Crippen molar-refractivity contribution in [2.24, 2.45) is 5.73 Å². The van der Waals surface area contributed by atoms with Crippen LogP contribution in [0.4, 0.5) is 4.79 Å². The van der Waals surface area contributed by atoms with E-state index >= 15 is 0 Å². The summed E-state index contributed by atoms with van der Waals surface area (Å²) in [5.74, 6) is 0.141. The Morgan fingerprint density at radius 3 is 2.92 bits per heavy atom. The molecule has 0 fully saturated rings. The van der Waals surface area contributed by atoms with Crippen molar-refractivity contribution in [3.8, 4) is 5.88 Å². The van der Waals surface area contributed by atoms with Gasteiger partial charge in [-0.15, -0.1) is 0 Å². The number of primary amides is 1. The summed E-state index contributed by atoms with van der Waals surface area (Å²) >= 11 is 0. The predicted molar refractivity (Wildman–Crippen MR) is 44.9 cm³/mol. The maximum atomic E-state index is 10.3. The van der Waals surface area contributed by atoms with Gasteiger partial charge >= 0.3 is 6.09 Å². The molecule has 0 unspecified atom stereocenters. The summed E-state index contributed by atoms with van der Waals surface area (Å²) in [7, 11) is 0. The number of aromatic nitrogens is 1. The van der Waals surface area contributed by atoms with Crippen LogP contribution < -0.4 is 10.5 Å². The van der Waals surface area contributed by atoms with Gasteiger partial charge in [0.05, 0.1) is 6.61 Å². The number of rotatable bonds is 3. The van der Waals surface area contributed by atoms with E-state index in [9.17, 15) is 4.79 Å². The molecule has 1 rings (SSSR count).